The second-order valence-corrected chi connectivity index (χ2v) is 10.0. The van der Waals surface area contributed by atoms with E-state index in [4.69, 9.17) is 9.56 Å². The lowest BCUT2D eigenvalue weighted by Gasteiger charge is -2.18. The molecule has 5 atom stereocenters. The van der Waals surface area contributed by atoms with Gasteiger partial charge in [0.15, 0.2) is 5.78 Å². The van der Waals surface area contributed by atoms with E-state index < -0.39 is 64.9 Å². The monoisotopic (exact) mass is 561 g/mol. The first kappa shape index (κ1) is 27.7. The van der Waals surface area contributed by atoms with Crippen LogP contribution in [0.1, 0.15) is 46.8 Å². The molecular weight excluding hydrogens is 538 g/mol. The Morgan fingerprint density at radius 1 is 1.37 bits per heavy atom. The first-order chi connectivity index (χ1) is 17.7. The van der Waals surface area contributed by atoms with Crippen LogP contribution in [0.15, 0.2) is 47.5 Å². The molecule has 0 aliphatic heterocycles. The summed E-state index contributed by atoms with van der Waals surface area (Å²) in [5.41, 5.74) is 0.126. The molecule has 0 bridgehead atoms. The van der Waals surface area contributed by atoms with Crippen molar-refractivity contribution in [2.75, 3.05) is 11.9 Å². The Kier molecular flexibility index (Phi) is 7.60. The number of halogens is 4. The Bertz CT molecular complexity index is 1410. The molecule has 206 valence electrons. The van der Waals surface area contributed by atoms with E-state index in [9.17, 15) is 35.9 Å². The standard InChI is InChI=1S/C22H23F4N5O6S/c1-11(16-2-3-17(37-16)22(24,25)26)31-5-4-12(8-31)19(32)14-7-28-10-29-21(14)30-15-6-13(20(33)18(15)23)9-36-38(27,34)35/h2-5,7-8,10-11,13,15,18,20,33H,6,9H2,1H3,(H2,27,34,35)(H,28,29,30)/t11?,13-,15-,18-,20-/m1/s1. The lowest BCUT2D eigenvalue weighted by molar-refractivity contribution is -0.153. The minimum Gasteiger partial charge on any atom is -0.454 e. The van der Waals surface area contributed by atoms with Gasteiger partial charge in [0.2, 0.25) is 5.76 Å². The third kappa shape index (κ3) is 6.03. The quantitative estimate of drug-likeness (QED) is 0.263. The van der Waals surface area contributed by atoms with Gasteiger partial charge in [0.1, 0.15) is 24.1 Å². The summed E-state index contributed by atoms with van der Waals surface area (Å²) in [5.74, 6) is -2.58. The number of hydrogen-bond donors (Lipinski definition) is 3. The van der Waals surface area contributed by atoms with Gasteiger partial charge in [-0.1, -0.05) is 0 Å². The lowest BCUT2D eigenvalue weighted by atomic mass is 10.1. The summed E-state index contributed by atoms with van der Waals surface area (Å²) in [6.07, 6.45) is -2.82. The van der Waals surface area contributed by atoms with Crippen molar-refractivity contribution in [3.8, 4) is 0 Å². The fraction of sp³-hybridized carbons (Fsp3) is 0.409. The van der Waals surface area contributed by atoms with Gasteiger partial charge in [-0.3, -0.25) is 8.98 Å². The first-order valence-electron chi connectivity index (χ1n) is 11.2. The number of hydrogen-bond acceptors (Lipinski definition) is 9. The normalized spacial score (nSPS) is 22.9. The lowest BCUT2D eigenvalue weighted by Crippen LogP contribution is -2.33. The molecule has 1 aliphatic rings. The van der Waals surface area contributed by atoms with Gasteiger partial charge >= 0.3 is 16.5 Å². The molecule has 3 heterocycles. The zero-order chi connectivity index (χ0) is 27.8. The van der Waals surface area contributed by atoms with Crippen molar-refractivity contribution < 1.29 is 44.5 Å². The van der Waals surface area contributed by atoms with Crippen LogP contribution in [-0.4, -0.2) is 58.8 Å². The Labute approximate surface area is 213 Å². The highest BCUT2D eigenvalue weighted by molar-refractivity contribution is 7.84. The molecule has 38 heavy (non-hydrogen) atoms. The number of nitrogens with one attached hydrogen (secondary N) is 1. The number of anilines is 1. The molecule has 3 aromatic heterocycles. The van der Waals surface area contributed by atoms with Crippen molar-refractivity contribution >= 4 is 21.9 Å². The molecule has 0 spiro atoms. The molecular formula is C22H23F4N5O6S. The van der Waals surface area contributed by atoms with E-state index in [1.54, 1.807) is 6.92 Å². The highest BCUT2D eigenvalue weighted by atomic mass is 32.2. The summed E-state index contributed by atoms with van der Waals surface area (Å²) < 4.78 is 86.3. The molecule has 0 aromatic carbocycles. The van der Waals surface area contributed by atoms with E-state index in [1.165, 1.54) is 35.3 Å². The highest BCUT2D eigenvalue weighted by Gasteiger charge is 2.44. The first-order valence-corrected chi connectivity index (χ1v) is 12.7. The fourth-order valence-electron chi connectivity index (χ4n) is 4.19. The molecule has 1 unspecified atom stereocenters. The second-order valence-electron chi connectivity index (χ2n) is 8.80. The average Bonchev–Trinajstić information content (AvgIpc) is 3.59. The van der Waals surface area contributed by atoms with Crippen LogP contribution in [0.25, 0.3) is 0 Å². The topological polar surface area (TPSA) is 163 Å². The molecule has 4 rings (SSSR count). The molecule has 0 saturated heterocycles. The number of aromatic nitrogens is 3. The molecule has 16 heteroatoms. The van der Waals surface area contributed by atoms with Gasteiger partial charge in [-0.25, -0.2) is 19.5 Å². The number of aliphatic hydroxyl groups is 1. The number of nitrogens with two attached hydrogens (primary N) is 1. The SMILES string of the molecule is CC(c1ccc(C(F)(F)F)o1)n1ccc(C(=O)c2cncnc2N[C@@H]2C[C@H](COS(N)(=O)=O)[C@@H](O)[C@@H]2F)c1. The van der Waals surface area contributed by atoms with Crippen LogP contribution in [0.5, 0.6) is 0 Å². The summed E-state index contributed by atoms with van der Waals surface area (Å²) in [6.45, 7) is 1.06. The van der Waals surface area contributed by atoms with Crippen LogP contribution >= 0.6 is 0 Å². The Hall–Kier alpha value is -3.34. The van der Waals surface area contributed by atoms with E-state index in [0.29, 0.717) is 0 Å². The van der Waals surface area contributed by atoms with Gasteiger partial charge in [-0.2, -0.15) is 21.6 Å². The molecule has 0 radical (unpaired) electrons. The van der Waals surface area contributed by atoms with Crippen molar-refractivity contribution in [3.63, 3.8) is 0 Å². The van der Waals surface area contributed by atoms with Crippen molar-refractivity contribution in [3.05, 3.63) is 65.8 Å². The zero-order valence-corrected chi connectivity index (χ0v) is 20.5. The minimum absolute atomic E-state index is 0.0267. The number of ketones is 1. The maximum absolute atomic E-state index is 14.8. The highest BCUT2D eigenvalue weighted by Crippen LogP contribution is 2.34. The van der Waals surface area contributed by atoms with Crippen LogP contribution in [-0.2, 0) is 20.7 Å². The predicted molar refractivity (Wildman–Crippen MR) is 123 cm³/mol. The van der Waals surface area contributed by atoms with Gasteiger partial charge in [-0.15, -0.1) is 0 Å². The summed E-state index contributed by atoms with van der Waals surface area (Å²) in [6, 6.07) is 1.77. The second kappa shape index (κ2) is 10.4. The number of aliphatic hydroxyl groups excluding tert-OH is 1. The number of carbonyl (C=O) groups is 1. The van der Waals surface area contributed by atoms with Crippen molar-refractivity contribution in [1.29, 1.82) is 0 Å². The average molecular weight is 562 g/mol. The number of nitrogens with zero attached hydrogens (tertiary/aromatic N) is 3. The maximum atomic E-state index is 14.8. The maximum Gasteiger partial charge on any atom is 0.449 e. The Balaban J connectivity index is 1.49. The van der Waals surface area contributed by atoms with Crippen molar-refractivity contribution in [2.45, 2.75) is 43.9 Å². The molecule has 1 aliphatic carbocycles. The molecule has 3 aromatic rings. The van der Waals surface area contributed by atoms with Crippen LogP contribution in [0.4, 0.5) is 23.4 Å². The van der Waals surface area contributed by atoms with Crippen LogP contribution in [0.3, 0.4) is 0 Å². The van der Waals surface area contributed by atoms with Gasteiger partial charge in [0.05, 0.1) is 30.4 Å². The van der Waals surface area contributed by atoms with E-state index in [-0.39, 0.29) is 29.1 Å². The smallest absolute Gasteiger partial charge is 0.449 e. The van der Waals surface area contributed by atoms with E-state index >= 15 is 0 Å². The van der Waals surface area contributed by atoms with Gasteiger partial charge in [-0.05, 0) is 31.5 Å². The van der Waals surface area contributed by atoms with Crippen LogP contribution in [0.2, 0.25) is 0 Å². The number of rotatable bonds is 9. The van der Waals surface area contributed by atoms with Gasteiger partial charge in [0.25, 0.3) is 0 Å². The molecule has 4 N–H and O–H groups in total. The van der Waals surface area contributed by atoms with E-state index in [0.717, 1.165) is 12.4 Å². The summed E-state index contributed by atoms with van der Waals surface area (Å²) >= 11 is 0. The number of furan rings is 1. The molecule has 11 nitrogen and oxygen atoms in total. The summed E-state index contributed by atoms with van der Waals surface area (Å²) in [7, 11) is -4.28. The largest absolute Gasteiger partial charge is 0.454 e. The Morgan fingerprint density at radius 2 is 2.11 bits per heavy atom. The van der Waals surface area contributed by atoms with Crippen LogP contribution in [0, 0.1) is 5.92 Å². The van der Waals surface area contributed by atoms with Gasteiger partial charge in [0, 0.05) is 30.1 Å². The van der Waals surface area contributed by atoms with E-state index in [2.05, 4.69) is 19.5 Å². The molecule has 1 saturated carbocycles. The van der Waals surface area contributed by atoms with Crippen molar-refractivity contribution in [1.82, 2.24) is 14.5 Å². The molecule has 1 fully saturated rings. The third-order valence-corrected chi connectivity index (χ3v) is 6.68. The molecule has 0 amide bonds. The van der Waals surface area contributed by atoms with Crippen LogP contribution < -0.4 is 10.5 Å². The summed E-state index contributed by atoms with van der Waals surface area (Å²) in [4.78, 5) is 21.1. The Morgan fingerprint density at radius 3 is 2.76 bits per heavy atom. The number of alkyl halides is 4. The van der Waals surface area contributed by atoms with E-state index in [1.807, 2.05) is 0 Å². The predicted octanol–water partition coefficient (Wildman–Crippen LogP) is 2.45. The minimum atomic E-state index is -4.63. The fourth-order valence-corrected chi connectivity index (χ4v) is 4.55. The summed E-state index contributed by atoms with van der Waals surface area (Å²) in [5, 5.41) is 17.7. The third-order valence-electron chi connectivity index (χ3n) is 6.22. The van der Waals surface area contributed by atoms with Gasteiger partial charge < -0.3 is 19.4 Å². The zero-order valence-electron chi connectivity index (χ0n) is 19.7. The number of carbonyl (C=O) groups excluding carboxylic acids is 1. The van der Waals surface area contributed by atoms with Crippen molar-refractivity contribution in [2.24, 2.45) is 11.1 Å².